The Bertz CT molecular complexity index is 708. The lowest BCUT2D eigenvalue weighted by Crippen LogP contribution is -2.29. The zero-order chi connectivity index (χ0) is 14.3. The van der Waals surface area contributed by atoms with Crippen LogP contribution in [0.5, 0.6) is 0 Å². The highest BCUT2D eigenvalue weighted by molar-refractivity contribution is 9.10. The summed E-state index contributed by atoms with van der Waals surface area (Å²) in [5, 5.41) is 11.0. The standard InChI is InChI=1S/C15H16BrNO3/c1-15(19)4-5-17(9-15)8-10-6-14(18)20-13-7-11(16)2-3-12(10)13/h2-3,6-7,19H,4-5,8-9H2,1H3. The van der Waals surface area contributed by atoms with Crippen molar-refractivity contribution in [3.63, 3.8) is 0 Å². The first-order chi connectivity index (χ1) is 9.43. The minimum atomic E-state index is -0.627. The predicted molar refractivity (Wildman–Crippen MR) is 80.7 cm³/mol. The van der Waals surface area contributed by atoms with Gasteiger partial charge in [0.2, 0.25) is 0 Å². The predicted octanol–water partition coefficient (Wildman–Crippen LogP) is 2.51. The molecule has 0 spiro atoms. The molecular formula is C15H16BrNO3. The lowest BCUT2D eigenvalue weighted by molar-refractivity contribution is 0.0679. The molecule has 1 aromatic heterocycles. The van der Waals surface area contributed by atoms with E-state index in [1.54, 1.807) is 12.1 Å². The zero-order valence-corrected chi connectivity index (χ0v) is 12.8. The van der Waals surface area contributed by atoms with Gasteiger partial charge in [0.1, 0.15) is 5.58 Å². The van der Waals surface area contributed by atoms with Gasteiger partial charge in [-0.05, 0) is 37.1 Å². The summed E-state index contributed by atoms with van der Waals surface area (Å²) in [6.07, 6.45) is 0.762. The smallest absolute Gasteiger partial charge is 0.336 e. The molecule has 2 aromatic rings. The molecule has 0 saturated carbocycles. The maximum Gasteiger partial charge on any atom is 0.336 e. The number of likely N-dealkylation sites (tertiary alicyclic amines) is 1. The van der Waals surface area contributed by atoms with E-state index < -0.39 is 5.60 Å². The van der Waals surface area contributed by atoms with Crippen molar-refractivity contribution < 1.29 is 9.52 Å². The molecule has 1 unspecified atom stereocenters. The van der Waals surface area contributed by atoms with E-state index in [9.17, 15) is 9.90 Å². The molecule has 3 rings (SSSR count). The summed E-state index contributed by atoms with van der Waals surface area (Å²) in [7, 11) is 0. The minimum Gasteiger partial charge on any atom is -0.423 e. The Hall–Kier alpha value is -1.17. The molecule has 0 bridgehead atoms. The highest BCUT2D eigenvalue weighted by Crippen LogP contribution is 2.26. The molecule has 1 aliphatic heterocycles. The average molecular weight is 338 g/mol. The lowest BCUT2D eigenvalue weighted by Gasteiger charge is -2.19. The Morgan fingerprint density at radius 1 is 1.45 bits per heavy atom. The first-order valence-corrected chi connectivity index (χ1v) is 7.39. The van der Waals surface area contributed by atoms with Crippen molar-refractivity contribution in [3.8, 4) is 0 Å². The molecule has 1 fully saturated rings. The highest BCUT2D eigenvalue weighted by atomic mass is 79.9. The number of aliphatic hydroxyl groups is 1. The zero-order valence-electron chi connectivity index (χ0n) is 11.2. The van der Waals surface area contributed by atoms with Crippen LogP contribution in [-0.4, -0.2) is 28.7 Å². The fraction of sp³-hybridized carbons (Fsp3) is 0.400. The molecule has 1 saturated heterocycles. The third-order valence-electron chi connectivity index (χ3n) is 3.72. The van der Waals surface area contributed by atoms with Crippen molar-refractivity contribution in [1.82, 2.24) is 4.90 Å². The molecule has 1 aromatic carbocycles. The Balaban J connectivity index is 1.97. The molecule has 2 heterocycles. The van der Waals surface area contributed by atoms with Gasteiger partial charge in [-0.3, -0.25) is 4.90 Å². The van der Waals surface area contributed by atoms with Gasteiger partial charge in [0.25, 0.3) is 0 Å². The summed E-state index contributed by atoms with van der Waals surface area (Å²) < 4.78 is 6.12. The topological polar surface area (TPSA) is 53.7 Å². The van der Waals surface area contributed by atoms with Crippen molar-refractivity contribution in [2.75, 3.05) is 13.1 Å². The van der Waals surface area contributed by atoms with E-state index in [0.29, 0.717) is 18.7 Å². The van der Waals surface area contributed by atoms with Crippen molar-refractivity contribution >= 4 is 26.9 Å². The van der Waals surface area contributed by atoms with Crippen molar-refractivity contribution in [1.29, 1.82) is 0 Å². The molecule has 5 heteroatoms. The van der Waals surface area contributed by atoms with Gasteiger partial charge in [0.05, 0.1) is 5.60 Å². The lowest BCUT2D eigenvalue weighted by atomic mass is 10.1. The summed E-state index contributed by atoms with van der Waals surface area (Å²) >= 11 is 3.38. The largest absolute Gasteiger partial charge is 0.423 e. The number of benzene rings is 1. The average Bonchev–Trinajstić information content (AvgIpc) is 2.67. The number of halogens is 1. The van der Waals surface area contributed by atoms with E-state index >= 15 is 0 Å². The molecule has 20 heavy (non-hydrogen) atoms. The third kappa shape index (κ3) is 2.80. The van der Waals surface area contributed by atoms with Crippen LogP contribution >= 0.6 is 15.9 Å². The van der Waals surface area contributed by atoms with Gasteiger partial charge >= 0.3 is 5.63 Å². The maximum atomic E-state index is 11.7. The van der Waals surface area contributed by atoms with Crippen LogP contribution < -0.4 is 5.63 Å². The molecule has 0 radical (unpaired) electrons. The first kappa shape index (κ1) is 13.8. The number of hydrogen-bond acceptors (Lipinski definition) is 4. The third-order valence-corrected chi connectivity index (χ3v) is 4.21. The van der Waals surface area contributed by atoms with Gasteiger partial charge in [0.15, 0.2) is 0 Å². The quantitative estimate of drug-likeness (QED) is 0.855. The van der Waals surface area contributed by atoms with E-state index in [2.05, 4.69) is 20.8 Å². The van der Waals surface area contributed by atoms with E-state index in [-0.39, 0.29) is 5.63 Å². The van der Waals surface area contributed by atoms with Crippen LogP contribution in [0.15, 0.2) is 37.9 Å². The molecule has 4 nitrogen and oxygen atoms in total. The Morgan fingerprint density at radius 2 is 2.25 bits per heavy atom. The first-order valence-electron chi connectivity index (χ1n) is 6.60. The van der Waals surface area contributed by atoms with Gasteiger partial charge in [-0.2, -0.15) is 0 Å². The summed E-state index contributed by atoms with van der Waals surface area (Å²) in [5.74, 6) is 0. The van der Waals surface area contributed by atoms with Crippen molar-refractivity contribution in [3.05, 3.63) is 44.7 Å². The number of rotatable bonds is 2. The summed E-state index contributed by atoms with van der Waals surface area (Å²) in [5.41, 5.74) is 0.573. The van der Waals surface area contributed by atoms with Crippen molar-refractivity contribution in [2.24, 2.45) is 0 Å². The van der Waals surface area contributed by atoms with Crippen LogP contribution in [-0.2, 0) is 6.54 Å². The highest BCUT2D eigenvalue weighted by Gasteiger charge is 2.31. The van der Waals surface area contributed by atoms with E-state index in [4.69, 9.17) is 4.42 Å². The Kier molecular flexibility index (Phi) is 3.44. The molecule has 106 valence electrons. The van der Waals surface area contributed by atoms with E-state index in [1.165, 1.54) is 0 Å². The second-order valence-corrected chi connectivity index (χ2v) is 6.60. The van der Waals surface area contributed by atoms with E-state index in [0.717, 1.165) is 28.4 Å². The number of nitrogens with zero attached hydrogens (tertiary/aromatic N) is 1. The van der Waals surface area contributed by atoms with Crippen LogP contribution in [0.25, 0.3) is 11.0 Å². The number of hydrogen-bond donors (Lipinski definition) is 1. The number of fused-ring (bicyclic) bond motifs is 1. The summed E-state index contributed by atoms with van der Waals surface area (Å²) in [6, 6.07) is 7.24. The molecule has 1 N–H and O–H groups in total. The molecule has 0 aliphatic carbocycles. The molecular weight excluding hydrogens is 322 g/mol. The van der Waals surface area contributed by atoms with Crippen LogP contribution in [0, 0.1) is 0 Å². The maximum absolute atomic E-state index is 11.7. The van der Waals surface area contributed by atoms with Crippen LogP contribution in [0.1, 0.15) is 18.9 Å². The summed E-state index contributed by atoms with van der Waals surface area (Å²) in [4.78, 5) is 13.8. The normalized spacial score (nSPS) is 23.6. The van der Waals surface area contributed by atoms with Gasteiger partial charge in [-0.15, -0.1) is 0 Å². The van der Waals surface area contributed by atoms with Gasteiger partial charge in [-0.25, -0.2) is 4.79 Å². The Morgan fingerprint density at radius 3 is 2.95 bits per heavy atom. The summed E-state index contributed by atoms with van der Waals surface area (Å²) in [6.45, 7) is 3.97. The monoisotopic (exact) mass is 337 g/mol. The SMILES string of the molecule is CC1(O)CCN(Cc2cc(=O)oc3cc(Br)ccc23)C1. The number of β-amino-alcohol motifs (C(OH)–C–C–N with tert-alkyl or cyclic N) is 1. The second-order valence-electron chi connectivity index (χ2n) is 5.69. The molecule has 1 aliphatic rings. The fourth-order valence-electron chi connectivity index (χ4n) is 2.75. The van der Waals surface area contributed by atoms with E-state index in [1.807, 2.05) is 19.1 Å². The van der Waals surface area contributed by atoms with Crippen molar-refractivity contribution in [2.45, 2.75) is 25.5 Å². The van der Waals surface area contributed by atoms with Crippen LogP contribution in [0.2, 0.25) is 0 Å². The fourth-order valence-corrected chi connectivity index (χ4v) is 3.09. The molecule has 1 atom stereocenters. The Labute approximate surface area is 125 Å². The second kappa shape index (κ2) is 4.98. The van der Waals surface area contributed by atoms with Gasteiger partial charge in [0, 0.05) is 35.6 Å². The van der Waals surface area contributed by atoms with Crippen LogP contribution in [0.3, 0.4) is 0 Å². The van der Waals surface area contributed by atoms with Crippen LogP contribution in [0.4, 0.5) is 0 Å². The van der Waals surface area contributed by atoms with Gasteiger partial charge < -0.3 is 9.52 Å². The van der Waals surface area contributed by atoms with Gasteiger partial charge in [-0.1, -0.05) is 15.9 Å². The minimum absolute atomic E-state index is 0.337. The molecule has 0 amide bonds.